The van der Waals surface area contributed by atoms with Crippen molar-refractivity contribution in [1.29, 1.82) is 0 Å². The number of nitrogens with two attached hydrogens (primary N) is 1. The summed E-state index contributed by atoms with van der Waals surface area (Å²) in [7, 11) is -4.02. The third-order valence-corrected chi connectivity index (χ3v) is 6.03. The molecule has 0 aliphatic carbocycles. The number of hydrogen-bond acceptors (Lipinski definition) is 5. The van der Waals surface area contributed by atoms with E-state index in [1.807, 2.05) is 67.6 Å². The van der Waals surface area contributed by atoms with Gasteiger partial charge in [-0.3, -0.25) is 9.35 Å². The van der Waals surface area contributed by atoms with Crippen LogP contribution in [0.1, 0.15) is 16.7 Å². The van der Waals surface area contributed by atoms with Gasteiger partial charge in [0.25, 0.3) is 10.1 Å². The minimum Gasteiger partial charge on any atom is -0.460 e. The van der Waals surface area contributed by atoms with Crippen LogP contribution in [-0.2, 0) is 32.7 Å². The van der Waals surface area contributed by atoms with Gasteiger partial charge in [-0.2, -0.15) is 8.42 Å². The lowest BCUT2D eigenvalue weighted by molar-refractivity contribution is -0.146. The third kappa shape index (κ3) is 7.25. The molecule has 6 nitrogen and oxygen atoms in total. The topological polar surface area (TPSA) is 107 Å². The molecular weight excluding hydrogens is 450 g/mol. The van der Waals surface area contributed by atoms with E-state index in [9.17, 15) is 13.2 Å². The zero-order valence-corrected chi connectivity index (χ0v) is 19.6. The van der Waals surface area contributed by atoms with Crippen LogP contribution in [0.4, 0.5) is 0 Å². The van der Waals surface area contributed by atoms with E-state index < -0.39 is 16.2 Å². The molecule has 0 aliphatic rings. The normalized spacial score (nSPS) is 11.9. The Morgan fingerprint density at radius 3 is 2.18 bits per heavy atom. The summed E-state index contributed by atoms with van der Waals surface area (Å²) in [6.45, 7) is 2.09. The van der Waals surface area contributed by atoms with Gasteiger partial charge in [0, 0.05) is 0 Å². The molecule has 176 valence electrons. The monoisotopic (exact) mass is 477 g/mol. The van der Waals surface area contributed by atoms with Gasteiger partial charge in [0.05, 0.1) is 4.90 Å². The molecule has 3 N–H and O–H groups in total. The number of aryl methyl sites for hydroxylation is 1. The molecule has 0 saturated carbocycles. The smallest absolute Gasteiger partial charge is 0.323 e. The summed E-state index contributed by atoms with van der Waals surface area (Å²) in [6.07, 6.45) is 0.467. The molecule has 0 amide bonds. The van der Waals surface area contributed by atoms with Gasteiger partial charge in [0.15, 0.2) is 0 Å². The van der Waals surface area contributed by atoms with Crippen LogP contribution < -0.4 is 5.73 Å². The Hall–Kier alpha value is -3.52. The predicted octanol–water partition coefficient (Wildman–Crippen LogP) is 4.69. The fraction of sp³-hybridized carbons (Fsp3) is 0.148. The second-order valence-corrected chi connectivity index (χ2v) is 9.25. The van der Waals surface area contributed by atoms with Crippen molar-refractivity contribution in [1.82, 2.24) is 0 Å². The lowest BCUT2D eigenvalue weighted by Gasteiger charge is -2.13. The molecule has 7 heteroatoms. The number of esters is 1. The summed E-state index contributed by atoms with van der Waals surface area (Å²) >= 11 is 0. The Labute approximate surface area is 199 Å². The maximum atomic E-state index is 12.1. The van der Waals surface area contributed by atoms with Crippen LogP contribution in [0, 0.1) is 6.92 Å². The van der Waals surface area contributed by atoms with Crippen LogP contribution in [-0.4, -0.2) is 25.0 Å². The molecule has 0 spiro atoms. The quantitative estimate of drug-likeness (QED) is 0.308. The van der Waals surface area contributed by atoms with Crippen LogP contribution in [0.25, 0.3) is 10.8 Å². The molecule has 0 radical (unpaired) electrons. The van der Waals surface area contributed by atoms with Gasteiger partial charge in [-0.05, 0) is 47.4 Å². The van der Waals surface area contributed by atoms with Crippen LogP contribution in [0.3, 0.4) is 0 Å². The summed E-state index contributed by atoms with van der Waals surface area (Å²) in [5.74, 6) is -0.373. The van der Waals surface area contributed by atoms with Crippen molar-refractivity contribution >= 4 is 26.9 Å². The van der Waals surface area contributed by atoms with E-state index in [1.54, 1.807) is 12.1 Å². The third-order valence-electron chi connectivity index (χ3n) is 5.17. The van der Waals surface area contributed by atoms with Crippen molar-refractivity contribution in [3.63, 3.8) is 0 Å². The molecule has 4 aromatic carbocycles. The highest BCUT2D eigenvalue weighted by atomic mass is 32.2. The fourth-order valence-corrected chi connectivity index (χ4v) is 3.82. The highest BCUT2D eigenvalue weighted by molar-refractivity contribution is 7.85. The highest BCUT2D eigenvalue weighted by Crippen LogP contribution is 2.19. The fourth-order valence-electron chi connectivity index (χ4n) is 3.34. The minimum absolute atomic E-state index is 0.0666. The first kappa shape index (κ1) is 25.1. The van der Waals surface area contributed by atoms with Crippen molar-refractivity contribution in [3.05, 3.63) is 114 Å². The number of rotatable bonds is 6. The second kappa shape index (κ2) is 11.6. The molecular formula is C27H27NO5S. The van der Waals surface area contributed by atoms with Crippen molar-refractivity contribution in [2.24, 2.45) is 5.73 Å². The van der Waals surface area contributed by atoms with E-state index in [0.29, 0.717) is 6.42 Å². The van der Waals surface area contributed by atoms with Crippen LogP contribution in [0.15, 0.2) is 102 Å². The molecule has 1 atom stereocenters. The molecule has 34 heavy (non-hydrogen) atoms. The molecule has 0 fully saturated rings. The zero-order valence-electron chi connectivity index (χ0n) is 18.8. The SMILES string of the molecule is Cc1ccc(S(=O)(=O)O)cc1.N[C@@H](Cc1cccc2ccccc12)C(=O)OCc1ccccc1. The molecule has 0 heterocycles. The van der Waals surface area contributed by atoms with Crippen molar-refractivity contribution in [2.45, 2.75) is 30.9 Å². The second-order valence-electron chi connectivity index (χ2n) is 7.83. The first-order chi connectivity index (χ1) is 16.2. The van der Waals surface area contributed by atoms with Gasteiger partial charge in [0.1, 0.15) is 12.6 Å². The molecule has 0 aromatic heterocycles. The lowest BCUT2D eigenvalue weighted by Crippen LogP contribution is -2.34. The van der Waals surface area contributed by atoms with Gasteiger partial charge in [-0.25, -0.2) is 0 Å². The Balaban J connectivity index is 0.000000248. The molecule has 4 rings (SSSR count). The number of carbonyl (C=O) groups excluding carboxylic acids is 1. The Kier molecular flexibility index (Phi) is 8.54. The lowest BCUT2D eigenvalue weighted by atomic mass is 9.99. The summed E-state index contributed by atoms with van der Waals surface area (Å²) in [5, 5.41) is 2.27. The molecule has 0 saturated heterocycles. The standard InChI is InChI=1S/C20H19NO2.C7H8O3S/c21-19(20(22)23-14-15-7-2-1-3-8-15)13-17-11-6-10-16-9-4-5-12-18(16)17;1-6-2-4-7(5-3-6)11(8,9)10/h1-12,19H,13-14,21H2;2-5H,1H3,(H,8,9,10)/t19-;/m0./s1. The number of hydrogen-bond donors (Lipinski definition) is 2. The largest absolute Gasteiger partial charge is 0.460 e. The van der Waals surface area contributed by atoms with E-state index in [2.05, 4.69) is 12.1 Å². The van der Waals surface area contributed by atoms with Crippen LogP contribution >= 0.6 is 0 Å². The van der Waals surface area contributed by atoms with Gasteiger partial charge < -0.3 is 10.5 Å². The van der Waals surface area contributed by atoms with Crippen LogP contribution in [0.2, 0.25) is 0 Å². The summed E-state index contributed by atoms with van der Waals surface area (Å²) < 4.78 is 34.9. The summed E-state index contributed by atoms with van der Waals surface area (Å²) in [6, 6.07) is 29.1. The zero-order chi connectivity index (χ0) is 24.6. The van der Waals surface area contributed by atoms with Crippen molar-refractivity contribution in [3.8, 4) is 0 Å². The average molecular weight is 478 g/mol. The summed E-state index contributed by atoms with van der Waals surface area (Å²) in [5.41, 5.74) is 9.00. The number of carbonyl (C=O) groups is 1. The van der Waals surface area contributed by atoms with Gasteiger partial charge in [-0.15, -0.1) is 0 Å². The number of benzene rings is 4. The van der Waals surface area contributed by atoms with E-state index in [4.69, 9.17) is 15.0 Å². The average Bonchev–Trinajstić information content (AvgIpc) is 2.83. The maximum absolute atomic E-state index is 12.1. The van der Waals surface area contributed by atoms with Gasteiger partial charge in [0.2, 0.25) is 0 Å². The number of ether oxygens (including phenoxy) is 1. The Bertz CT molecular complexity index is 1330. The van der Waals surface area contributed by atoms with Gasteiger partial charge in [-0.1, -0.05) is 90.5 Å². The summed E-state index contributed by atoms with van der Waals surface area (Å²) in [4.78, 5) is 12.0. The van der Waals surface area contributed by atoms with E-state index in [1.165, 1.54) is 12.1 Å². The predicted molar refractivity (Wildman–Crippen MR) is 133 cm³/mol. The van der Waals surface area contributed by atoms with Crippen molar-refractivity contribution < 1.29 is 22.5 Å². The first-order valence-corrected chi connectivity index (χ1v) is 12.1. The van der Waals surface area contributed by atoms with E-state index in [-0.39, 0.29) is 17.5 Å². The number of fused-ring (bicyclic) bond motifs is 1. The minimum atomic E-state index is -4.02. The molecule has 0 bridgehead atoms. The first-order valence-electron chi connectivity index (χ1n) is 10.7. The maximum Gasteiger partial charge on any atom is 0.323 e. The highest BCUT2D eigenvalue weighted by Gasteiger charge is 2.17. The molecule has 0 aliphatic heterocycles. The van der Waals surface area contributed by atoms with E-state index >= 15 is 0 Å². The van der Waals surface area contributed by atoms with E-state index in [0.717, 1.165) is 27.5 Å². The molecule has 0 unspecified atom stereocenters. The Morgan fingerprint density at radius 2 is 1.50 bits per heavy atom. The Morgan fingerprint density at radius 1 is 0.882 bits per heavy atom. The van der Waals surface area contributed by atoms with Crippen LogP contribution in [0.5, 0.6) is 0 Å². The van der Waals surface area contributed by atoms with Gasteiger partial charge >= 0.3 is 5.97 Å². The van der Waals surface area contributed by atoms with Crippen molar-refractivity contribution in [2.75, 3.05) is 0 Å². The molecule has 4 aromatic rings.